The van der Waals surface area contributed by atoms with Gasteiger partial charge < -0.3 is 10.1 Å². The number of carbonyl (C=O) groups is 2. The van der Waals surface area contributed by atoms with Crippen molar-refractivity contribution in [2.24, 2.45) is 0 Å². The lowest BCUT2D eigenvalue weighted by Crippen LogP contribution is -2.31. The minimum absolute atomic E-state index is 0.0517. The molecule has 6 nitrogen and oxygen atoms in total. The van der Waals surface area contributed by atoms with E-state index in [4.69, 9.17) is 4.74 Å². The average Bonchev–Trinajstić information content (AvgIpc) is 3.32. The topological polar surface area (TPSA) is 84.1 Å². The summed E-state index contributed by atoms with van der Waals surface area (Å²) in [6.45, 7) is 3.59. The number of hydrogen-bond acceptors (Lipinski definition) is 5. The quantitative estimate of drug-likeness (QED) is 0.605. The number of benzene rings is 1. The van der Waals surface area contributed by atoms with Gasteiger partial charge in [-0.3, -0.25) is 14.7 Å². The molecule has 0 spiro atoms. The summed E-state index contributed by atoms with van der Waals surface area (Å²) in [5.74, 6) is -0.708. The first-order valence-electron chi connectivity index (χ1n) is 8.67. The molecule has 140 valence electrons. The monoisotopic (exact) mass is 383 g/mol. The van der Waals surface area contributed by atoms with Gasteiger partial charge in [0.2, 0.25) is 0 Å². The summed E-state index contributed by atoms with van der Waals surface area (Å²) in [5, 5.41) is 11.8. The van der Waals surface area contributed by atoms with E-state index in [2.05, 4.69) is 15.5 Å². The molecular formula is C20H21N3O3S. The minimum atomic E-state index is -0.494. The van der Waals surface area contributed by atoms with E-state index >= 15 is 0 Å². The molecule has 1 aromatic carbocycles. The van der Waals surface area contributed by atoms with Crippen molar-refractivity contribution in [2.75, 3.05) is 0 Å². The molecule has 0 radical (unpaired) electrons. The number of nitrogens with zero attached hydrogens (tertiary/aromatic N) is 1. The van der Waals surface area contributed by atoms with Gasteiger partial charge in [0, 0.05) is 0 Å². The molecule has 27 heavy (non-hydrogen) atoms. The summed E-state index contributed by atoms with van der Waals surface area (Å²) < 4.78 is 5.23. The maximum atomic E-state index is 12.7. The third-order valence-electron chi connectivity index (χ3n) is 3.84. The number of ether oxygens (including phenoxy) is 1. The third-order valence-corrected chi connectivity index (χ3v) is 4.75. The van der Waals surface area contributed by atoms with E-state index < -0.39 is 6.04 Å². The number of aromatic amines is 1. The number of thiophene rings is 1. The maximum Gasteiger partial charge on any atom is 0.308 e. The van der Waals surface area contributed by atoms with Crippen LogP contribution in [0.1, 0.15) is 42.4 Å². The summed E-state index contributed by atoms with van der Waals surface area (Å²) in [6.07, 6.45) is -0.153. The van der Waals surface area contributed by atoms with Gasteiger partial charge in [-0.05, 0) is 36.9 Å². The Morgan fingerprint density at radius 3 is 2.63 bits per heavy atom. The predicted molar refractivity (Wildman–Crippen MR) is 104 cm³/mol. The van der Waals surface area contributed by atoms with Crippen molar-refractivity contribution in [3.8, 4) is 10.6 Å². The Balaban J connectivity index is 1.75. The standard InChI is InChI=1S/C20H21N3O3S/c1-13(2)26-19(24)12-15(14-7-4-3-5-8-14)21-20(25)17-11-16(22-23-17)18-9-6-10-27-18/h3-11,13,15H,12H2,1-2H3,(H,21,25)(H,22,23). The molecule has 0 saturated heterocycles. The van der Waals surface area contributed by atoms with Gasteiger partial charge in [0.1, 0.15) is 0 Å². The Labute approximate surface area is 161 Å². The molecule has 1 atom stereocenters. The molecule has 1 unspecified atom stereocenters. The van der Waals surface area contributed by atoms with Crippen molar-refractivity contribution in [3.05, 3.63) is 65.2 Å². The molecule has 0 aliphatic carbocycles. The molecule has 2 aromatic heterocycles. The van der Waals surface area contributed by atoms with Gasteiger partial charge in [0.25, 0.3) is 5.91 Å². The second-order valence-electron chi connectivity index (χ2n) is 6.32. The molecule has 2 N–H and O–H groups in total. The number of hydrogen-bond donors (Lipinski definition) is 2. The zero-order valence-corrected chi connectivity index (χ0v) is 16.0. The highest BCUT2D eigenvalue weighted by Gasteiger charge is 2.22. The van der Waals surface area contributed by atoms with E-state index in [-0.39, 0.29) is 30.1 Å². The lowest BCUT2D eigenvalue weighted by atomic mass is 10.0. The summed E-state index contributed by atoms with van der Waals surface area (Å²) in [5.41, 5.74) is 1.89. The van der Waals surface area contributed by atoms with E-state index in [1.807, 2.05) is 47.8 Å². The normalized spacial score (nSPS) is 12.0. The molecule has 0 bridgehead atoms. The molecule has 0 aliphatic rings. The van der Waals surface area contributed by atoms with E-state index in [1.54, 1.807) is 31.3 Å². The van der Waals surface area contributed by atoms with Crippen LogP contribution in [-0.4, -0.2) is 28.2 Å². The molecular weight excluding hydrogens is 362 g/mol. The van der Waals surface area contributed by atoms with Crippen molar-refractivity contribution < 1.29 is 14.3 Å². The number of nitrogens with one attached hydrogen (secondary N) is 2. The average molecular weight is 383 g/mol. The van der Waals surface area contributed by atoms with Crippen LogP contribution in [0.25, 0.3) is 10.6 Å². The highest BCUT2D eigenvalue weighted by atomic mass is 32.1. The second-order valence-corrected chi connectivity index (χ2v) is 7.27. The summed E-state index contributed by atoms with van der Waals surface area (Å²) in [4.78, 5) is 25.8. The van der Waals surface area contributed by atoms with Crippen LogP contribution in [0.5, 0.6) is 0 Å². The first kappa shape index (κ1) is 18.8. The lowest BCUT2D eigenvalue weighted by Gasteiger charge is -2.19. The number of amides is 1. The summed E-state index contributed by atoms with van der Waals surface area (Å²) >= 11 is 1.56. The van der Waals surface area contributed by atoms with Gasteiger partial charge in [-0.1, -0.05) is 36.4 Å². The van der Waals surface area contributed by atoms with Gasteiger partial charge in [-0.15, -0.1) is 11.3 Å². The number of aromatic nitrogens is 2. The predicted octanol–water partition coefficient (Wildman–Crippen LogP) is 3.95. The minimum Gasteiger partial charge on any atom is -0.463 e. The number of carbonyl (C=O) groups excluding carboxylic acids is 2. The SMILES string of the molecule is CC(C)OC(=O)CC(NC(=O)c1cc(-c2cccs2)[nH]n1)c1ccccc1. The fourth-order valence-corrected chi connectivity index (χ4v) is 3.34. The lowest BCUT2D eigenvalue weighted by molar-refractivity contribution is -0.147. The van der Waals surface area contributed by atoms with Crippen LogP contribution in [-0.2, 0) is 9.53 Å². The Bertz CT molecular complexity index is 888. The Morgan fingerprint density at radius 1 is 1.19 bits per heavy atom. The summed E-state index contributed by atoms with van der Waals surface area (Å²) in [6, 6.07) is 14.5. The van der Waals surface area contributed by atoms with Crippen LogP contribution in [0.3, 0.4) is 0 Å². The molecule has 0 aliphatic heterocycles. The zero-order chi connectivity index (χ0) is 19.2. The van der Waals surface area contributed by atoms with E-state index in [0.717, 1.165) is 16.1 Å². The first-order chi connectivity index (χ1) is 13.0. The van der Waals surface area contributed by atoms with Gasteiger partial charge in [-0.2, -0.15) is 5.10 Å². The van der Waals surface area contributed by atoms with Crippen LogP contribution >= 0.6 is 11.3 Å². The van der Waals surface area contributed by atoms with Gasteiger partial charge in [-0.25, -0.2) is 0 Å². The highest BCUT2D eigenvalue weighted by Crippen LogP contribution is 2.23. The van der Waals surface area contributed by atoms with E-state index in [1.165, 1.54) is 0 Å². The van der Waals surface area contributed by atoms with E-state index in [9.17, 15) is 9.59 Å². The fraction of sp³-hybridized carbons (Fsp3) is 0.250. The van der Waals surface area contributed by atoms with Crippen molar-refractivity contribution in [2.45, 2.75) is 32.4 Å². The van der Waals surface area contributed by atoms with Crippen molar-refractivity contribution in [3.63, 3.8) is 0 Å². The smallest absolute Gasteiger partial charge is 0.308 e. The number of H-pyrrole nitrogens is 1. The van der Waals surface area contributed by atoms with E-state index in [0.29, 0.717) is 0 Å². The van der Waals surface area contributed by atoms with Gasteiger partial charge >= 0.3 is 5.97 Å². The fourth-order valence-electron chi connectivity index (χ4n) is 2.64. The largest absolute Gasteiger partial charge is 0.463 e. The van der Waals surface area contributed by atoms with Crippen LogP contribution in [0, 0.1) is 0 Å². The van der Waals surface area contributed by atoms with Crippen LogP contribution in [0.15, 0.2) is 53.9 Å². The van der Waals surface area contributed by atoms with Crippen molar-refractivity contribution in [1.29, 1.82) is 0 Å². The zero-order valence-electron chi connectivity index (χ0n) is 15.1. The van der Waals surface area contributed by atoms with Crippen molar-refractivity contribution >= 4 is 23.2 Å². The molecule has 7 heteroatoms. The van der Waals surface area contributed by atoms with Crippen molar-refractivity contribution in [1.82, 2.24) is 15.5 Å². The van der Waals surface area contributed by atoms with Gasteiger partial charge in [0.05, 0.1) is 29.1 Å². The molecule has 0 saturated carbocycles. The molecule has 3 aromatic rings. The van der Waals surface area contributed by atoms with Gasteiger partial charge in [0.15, 0.2) is 5.69 Å². The maximum absolute atomic E-state index is 12.7. The molecule has 0 fully saturated rings. The summed E-state index contributed by atoms with van der Waals surface area (Å²) in [7, 11) is 0. The first-order valence-corrected chi connectivity index (χ1v) is 9.55. The Hall–Kier alpha value is -2.93. The van der Waals surface area contributed by atoms with Crippen LogP contribution in [0.4, 0.5) is 0 Å². The Kier molecular flexibility index (Phi) is 6.03. The Morgan fingerprint density at radius 2 is 1.96 bits per heavy atom. The van der Waals surface area contributed by atoms with Crippen LogP contribution in [0.2, 0.25) is 0 Å². The number of rotatable bonds is 7. The molecule has 2 heterocycles. The molecule has 1 amide bonds. The highest BCUT2D eigenvalue weighted by molar-refractivity contribution is 7.13. The second kappa shape index (κ2) is 8.64. The van der Waals surface area contributed by atoms with Crippen LogP contribution < -0.4 is 5.32 Å². The molecule has 3 rings (SSSR count). The number of esters is 1. The third kappa shape index (κ3) is 5.04.